The number of hydrogen-bond donors (Lipinski definition) is 3. The van der Waals surface area contributed by atoms with Crippen LogP contribution in [0.1, 0.15) is 25.7 Å². The van der Waals surface area contributed by atoms with Crippen molar-refractivity contribution in [2.24, 2.45) is 11.8 Å². The van der Waals surface area contributed by atoms with Crippen LogP contribution in [0.2, 0.25) is 0 Å². The Morgan fingerprint density at radius 1 is 1.05 bits per heavy atom. The van der Waals surface area contributed by atoms with Gasteiger partial charge in [-0.05, 0) is 19.3 Å². The Labute approximate surface area is 116 Å². The molecule has 20 heavy (non-hydrogen) atoms. The van der Waals surface area contributed by atoms with E-state index >= 15 is 0 Å². The van der Waals surface area contributed by atoms with Crippen molar-refractivity contribution in [3.05, 3.63) is 0 Å². The quantitative estimate of drug-likeness (QED) is 0.621. The van der Waals surface area contributed by atoms with Crippen LogP contribution in [-0.4, -0.2) is 58.6 Å². The minimum Gasteiger partial charge on any atom is -0.481 e. The Bertz CT molecular complexity index is 408. The second-order valence-corrected chi connectivity index (χ2v) is 5.50. The largest absolute Gasteiger partial charge is 0.481 e. The van der Waals surface area contributed by atoms with Crippen LogP contribution in [0.25, 0.3) is 0 Å². The van der Waals surface area contributed by atoms with Crippen molar-refractivity contribution < 1.29 is 24.6 Å². The fourth-order valence-corrected chi connectivity index (χ4v) is 2.55. The van der Waals surface area contributed by atoms with Crippen LogP contribution in [0, 0.1) is 11.8 Å². The Hall–Kier alpha value is -1.63. The van der Waals surface area contributed by atoms with Crippen LogP contribution in [0.3, 0.4) is 0 Å². The molecule has 0 bridgehead atoms. The van der Waals surface area contributed by atoms with Gasteiger partial charge in [0.25, 0.3) is 0 Å². The van der Waals surface area contributed by atoms with Gasteiger partial charge in [-0.25, -0.2) is 0 Å². The molecule has 1 saturated heterocycles. The lowest BCUT2D eigenvalue weighted by Crippen LogP contribution is -2.49. The van der Waals surface area contributed by atoms with Crippen LogP contribution in [-0.2, 0) is 14.4 Å². The molecule has 0 aromatic carbocycles. The third-order valence-corrected chi connectivity index (χ3v) is 3.95. The second-order valence-electron chi connectivity index (χ2n) is 5.50. The summed E-state index contributed by atoms with van der Waals surface area (Å²) in [5.41, 5.74) is 0. The Balaban J connectivity index is 1.84. The number of rotatable bonds is 6. The first-order chi connectivity index (χ1) is 9.49. The Kier molecular flexibility index (Phi) is 4.59. The number of carboxylic acids is 2. The molecule has 2 unspecified atom stereocenters. The van der Waals surface area contributed by atoms with Crippen molar-refractivity contribution in [3.63, 3.8) is 0 Å². The fourth-order valence-electron chi connectivity index (χ4n) is 2.55. The third-order valence-electron chi connectivity index (χ3n) is 3.95. The molecule has 3 N–H and O–H groups in total. The number of nitrogens with one attached hydrogen (secondary N) is 1. The molecule has 112 valence electrons. The summed E-state index contributed by atoms with van der Waals surface area (Å²) in [7, 11) is 0. The van der Waals surface area contributed by atoms with Gasteiger partial charge in [-0.3, -0.25) is 14.4 Å². The standard InChI is InChI=1S/C13H20N2O5/c16-11(3-5-14-8-1-2-8)15-6-4-9(12(17)18)10(7-15)13(19)20/h8-10,14H,1-7H2,(H,17,18)(H,19,20). The van der Waals surface area contributed by atoms with E-state index in [0.717, 1.165) is 12.8 Å². The Morgan fingerprint density at radius 3 is 2.25 bits per heavy atom. The molecule has 2 fully saturated rings. The van der Waals surface area contributed by atoms with Gasteiger partial charge in [0, 0.05) is 32.1 Å². The molecule has 0 radical (unpaired) electrons. The number of carbonyl (C=O) groups is 3. The topological polar surface area (TPSA) is 107 Å². The van der Waals surface area contributed by atoms with Gasteiger partial charge in [-0.1, -0.05) is 0 Å². The SMILES string of the molecule is O=C(O)C1CCN(C(=O)CCNC2CC2)CC1C(=O)O. The minimum atomic E-state index is -1.15. The lowest BCUT2D eigenvalue weighted by atomic mass is 9.85. The summed E-state index contributed by atoms with van der Waals surface area (Å²) in [6.45, 7) is 0.914. The number of aliphatic carboxylic acids is 2. The summed E-state index contributed by atoms with van der Waals surface area (Å²) >= 11 is 0. The zero-order valence-corrected chi connectivity index (χ0v) is 11.2. The van der Waals surface area contributed by atoms with E-state index in [9.17, 15) is 14.4 Å². The van der Waals surface area contributed by atoms with Gasteiger partial charge in [-0.2, -0.15) is 0 Å². The normalized spacial score (nSPS) is 26.3. The van der Waals surface area contributed by atoms with E-state index in [1.807, 2.05) is 0 Å². The Morgan fingerprint density at radius 2 is 1.70 bits per heavy atom. The van der Waals surface area contributed by atoms with E-state index in [1.165, 1.54) is 4.90 Å². The molecule has 1 amide bonds. The van der Waals surface area contributed by atoms with Gasteiger partial charge in [0.2, 0.25) is 5.91 Å². The van der Waals surface area contributed by atoms with E-state index in [0.29, 0.717) is 25.6 Å². The predicted octanol–water partition coefficient (Wildman–Crippen LogP) is -0.238. The predicted molar refractivity (Wildman–Crippen MR) is 69.1 cm³/mol. The van der Waals surface area contributed by atoms with E-state index < -0.39 is 23.8 Å². The highest BCUT2D eigenvalue weighted by Crippen LogP contribution is 2.25. The summed E-state index contributed by atoms with van der Waals surface area (Å²) < 4.78 is 0. The molecular formula is C13H20N2O5. The lowest BCUT2D eigenvalue weighted by Gasteiger charge is -2.34. The number of hydrogen-bond acceptors (Lipinski definition) is 4. The first-order valence-corrected chi connectivity index (χ1v) is 6.96. The van der Waals surface area contributed by atoms with Crippen molar-refractivity contribution in [3.8, 4) is 0 Å². The number of likely N-dealkylation sites (tertiary alicyclic amines) is 1. The van der Waals surface area contributed by atoms with Gasteiger partial charge in [-0.15, -0.1) is 0 Å². The molecular weight excluding hydrogens is 264 g/mol. The van der Waals surface area contributed by atoms with E-state index in [1.54, 1.807) is 0 Å². The molecule has 1 aliphatic carbocycles. The molecule has 0 aromatic rings. The van der Waals surface area contributed by atoms with Crippen molar-refractivity contribution in [2.45, 2.75) is 31.7 Å². The molecule has 0 spiro atoms. The highest BCUT2D eigenvalue weighted by atomic mass is 16.4. The molecule has 1 heterocycles. The fraction of sp³-hybridized carbons (Fsp3) is 0.769. The molecule has 7 nitrogen and oxygen atoms in total. The van der Waals surface area contributed by atoms with Gasteiger partial charge >= 0.3 is 11.9 Å². The maximum Gasteiger partial charge on any atom is 0.309 e. The summed E-state index contributed by atoms with van der Waals surface area (Å²) in [6, 6.07) is 0.535. The number of amides is 1. The molecule has 2 aliphatic rings. The average Bonchev–Trinajstić information content (AvgIpc) is 3.21. The van der Waals surface area contributed by atoms with Gasteiger partial charge < -0.3 is 20.4 Å². The molecule has 0 aromatic heterocycles. The smallest absolute Gasteiger partial charge is 0.309 e. The first kappa shape index (κ1) is 14.8. The third kappa shape index (κ3) is 3.69. The highest BCUT2D eigenvalue weighted by molar-refractivity contribution is 5.82. The van der Waals surface area contributed by atoms with Crippen LogP contribution in [0.15, 0.2) is 0 Å². The zero-order valence-electron chi connectivity index (χ0n) is 11.2. The summed E-state index contributed by atoms with van der Waals surface area (Å²) in [5, 5.41) is 21.3. The van der Waals surface area contributed by atoms with Crippen LogP contribution < -0.4 is 5.32 Å². The molecule has 2 atom stereocenters. The zero-order chi connectivity index (χ0) is 14.7. The van der Waals surface area contributed by atoms with Gasteiger partial charge in [0.1, 0.15) is 0 Å². The van der Waals surface area contributed by atoms with E-state index in [2.05, 4.69) is 5.32 Å². The number of piperidine rings is 1. The van der Waals surface area contributed by atoms with Gasteiger partial charge in [0.15, 0.2) is 0 Å². The minimum absolute atomic E-state index is 0.00539. The molecule has 7 heteroatoms. The van der Waals surface area contributed by atoms with Crippen molar-refractivity contribution in [1.82, 2.24) is 10.2 Å². The van der Waals surface area contributed by atoms with Crippen LogP contribution >= 0.6 is 0 Å². The maximum absolute atomic E-state index is 12.0. The van der Waals surface area contributed by atoms with Crippen LogP contribution in [0.4, 0.5) is 0 Å². The second kappa shape index (κ2) is 6.21. The highest BCUT2D eigenvalue weighted by Gasteiger charge is 2.39. The summed E-state index contributed by atoms with van der Waals surface area (Å²) in [6.07, 6.45) is 2.84. The molecule has 1 aliphatic heterocycles. The number of nitrogens with zero attached hydrogens (tertiary/aromatic N) is 1. The number of carbonyl (C=O) groups excluding carboxylic acids is 1. The van der Waals surface area contributed by atoms with E-state index in [4.69, 9.17) is 10.2 Å². The van der Waals surface area contributed by atoms with Crippen molar-refractivity contribution >= 4 is 17.8 Å². The molecule has 2 rings (SSSR count). The monoisotopic (exact) mass is 284 g/mol. The molecule has 1 saturated carbocycles. The average molecular weight is 284 g/mol. The first-order valence-electron chi connectivity index (χ1n) is 6.96. The van der Waals surface area contributed by atoms with Gasteiger partial charge in [0.05, 0.1) is 11.8 Å². The summed E-state index contributed by atoms with van der Waals surface area (Å²) in [4.78, 5) is 35.6. The van der Waals surface area contributed by atoms with Crippen molar-refractivity contribution in [2.75, 3.05) is 19.6 Å². The maximum atomic E-state index is 12.0. The summed E-state index contributed by atoms with van der Waals surface area (Å²) in [5.74, 6) is -4.26. The van der Waals surface area contributed by atoms with Crippen molar-refractivity contribution in [1.29, 1.82) is 0 Å². The number of carboxylic acid groups (broad SMARTS) is 2. The van der Waals surface area contributed by atoms with Crippen LogP contribution in [0.5, 0.6) is 0 Å². The van der Waals surface area contributed by atoms with E-state index in [-0.39, 0.29) is 18.9 Å². The lowest BCUT2D eigenvalue weighted by molar-refractivity contribution is -0.159.